The van der Waals surface area contributed by atoms with Crippen LogP contribution in [-0.2, 0) is 6.42 Å². The maximum absolute atomic E-state index is 12.0. The molecule has 3 aromatic rings. The number of hydrogen-bond acceptors (Lipinski definition) is 4. The van der Waals surface area contributed by atoms with Crippen molar-refractivity contribution in [1.82, 2.24) is 9.97 Å². The lowest BCUT2D eigenvalue weighted by molar-refractivity contribution is -0.446. The Labute approximate surface area is 124 Å². The number of rotatable bonds is 4. The number of anilines is 1. The lowest BCUT2D eigenvalue weighted by atomic mass is 10.00. The zero-order valence-corrected chi connectivity index (χ0v) is 11.4. The third-order valence-corrected chi connectivity index (χ3v) is 3.33. The summed E-state index contributed by atoms with van der Waals surface area (Å²) in [4.78, 5) is 28.5. The summed E-state index contributed by atoms with van der Waals surface area (Å²) in [5, 5.41) is 11.7. The fraction of sp³-hybridized carbons (Fsp3) is 0.0667. The van der Waals surface area contributed by atoms with Crippen LogP contribution in [0.4, 0.5) is 5.95 Å². The zero-order chi connectivity index (χ0) is 15.5. The predicted molar refractivity (Wildman–Crippen MR) is 82.2 cm³/mol. The summed E-state index contributed by atoms with van der Waals surface area (Å²) in [5.74, 6) is -0.184. The summed E-state index contributed by atoms with van der Waals surface area (Å²) < 4.78 is 0. The molecule has 0 saturated heterocycles. The standard InChI is InChI=1S/C15H12N4O3/c20-14-12(9-16-15(17-14)18-19(21)22)8-11-6-3-5-10-4-1-2-7-13(10)11/h1-7,9H,8H2,(H2,16,17,18,20). The molecule has 0 amide bonds. The molecule has 0 aliphatic rings. The average molecular weight is 296 g/mol. The third kappa shape index (κ3) is 2.78. The molecule has 0 unspecified atom stereocenters. The van der Waals surface area contributed by atoms with E-state index >= 15 is 0 Å². The molecule has 0 bridgehead atoms. The van der Waals surface area contributed by atoms with Crippen molar-refractivity contribution in [2.24, 2.45) is 0 Å². The molecule has 0 atom stereocenters. The zero-order valence-electron chi connectivity index (χ0n) is 11.4. The van der Waals surface area contributed by atoms with E-state index in [1.165, 1.54) is 6.20 Å². The Balaban J connectivity index is 1.95. The Morgan fingerprint density at radius 3 is 2.68 bits per heavy atom. The number of aromatic nitrogens is 2. The quantitative estimate of drug-likeness (QED) is 0.567. The lowest BCUT2D eigenvalue weighted by Gasteiger charge is -2.06. The molecule has 7 heteroatoms. The van der Waals surface area contributed by atoms with E-state index in [9.17, 15) is 14.9 Å². The summed E-state index contributed by atoms with van der Waals surface area (Å²) in [6.45, 7) is 0. The molecule has 1 aromatic heterocycles. The molecule has 0 saturated carbocycles. The maximum Gasteiger partial charge on any atom is 0.265 e. The Morgan fingerprint density at radius 2 is 1.91 bits per heavy atom. The van der Waals surface area contributed by atoms with Gasteiger partial charge in [0, 0.05) is 18.2 Å². The predicted octanol–water partition coefficient (Wildman–Crippen LogP) is 2.12. The first-order valence-corrected chi connectivity index (χ1v) is 6.59. The number of nitrogens with zero attached hydrogens (tertiary/aromatic N) is 2. The molecule has 2 aromatic carbocycles. The van der Waals surface area contributed by atoms with Crippen LogP contribution in [0.3, 0.4) is 0 Å². The Morgan fingerprint density at radius 1 is 1.14 bits per heavy atom. The number of hydrogen-bond donors (Lipinski definition) is 2. The molecule has 0 fully saturated rings. The molecule has 22 heavy (non-hydrogen) atoms. The Hall–Kier alpha value is -3.22. The summed E-state index contributed by atoms with van der Waals surface area (Å²) in [6, 6.07) is 13.8. The fourth-order valence-corrected chi connectivity index (χ4v) is 2.34. The van der Waals surface area contributed by atoms with Gasteiger partial charge in [0.15, 0.2) is 5.03 Å². The van der Waals surface area contributed by atoms with Crippen LogP contribution in [-0.4, -0.2) is 15.0 Å². The Bertz CT molecular complexity index is 899. The summed E-state index contributed by atoms with van der Waals surface area (Å²) in [6.07, 6.45) is 1.76. The van der Waals surface area contributed by atoms with Gasteiger partial charge in [0.2, 0.25) is 0 Å². The minimum absolute atomic E-state index is 0.184. The molecule has 0 radical (unpaired) electrons. The van der Waals surface area contributed by atoms with E-state index in [0.29, 0.717) is 12.0 Å². The third-order valence-electron chi connectivity index (χ3n) is 3.33. The van der Waals surface area contributed by atoms with Gasteiger partial charge in [0.1, 0.15) is 0 Å². The Kier molecular flexibility index (Phi) is 3.53. The van der Waals surface area contributed by atoms with Crippen LogP contribution < -0.4 is 11.0 Å². The van der Waals surface area contributed by atoms with Crippen LogP contribution in [0.25, 0.3) is 10.8 Å². The molecular weight excluding hydrogens is 284 g/mol. The van der Waals surface area contributed by atoms with E-state index in [2.05, 4.69) is 9.97 Å². The van der Waals surface area contributed by atoms with Gasteiger partial charge in [-0.3, -0.25) is 9.78 Å². The van der Waals surface area contributed by atoms with Crippen LogP contribution in [0.15, 0.2) is 53.5 Å². The molecule has 3 rings (SSSR count). The molecule has 0 spiro atoms. The van der Waals surface area contributed by atoms with Gasteiger partial charge in [-0.05, 0) is 16.3 Å². The van der Waals surface area contributed by atoms with Crippen LogP contribution in [0.2, 0.25) is 0 Å². The lowest BCUT2D eigenvalue weighted by Crippen LogP contribution is -2.19. The fourth-order valence-electron chi connectivity index (χ4n) is 2.34. The van der Waals surface area contributed by atoms with Gasteiger partial charge in [0.25, 0.3) is 11.5 Å². The van der Waals surface area contributed by atoms with Crippen molar-refractivity contribution in [3.63, 3.8) is 0 Å². The highest BCUT2D eigenvalue weighted by Crippen LogP contribution is 2.20. The van der Waals surface area contributed by atoms with Crippen LogP contribution in [0.5, 0.6) is 0 Å². The van der Waals surface area contributed by atoms with Crippen LogP contribution in [0.1, 0.15) is 11.1 Å². The number of hydrazine groups is 1. The average Bonchev–Trinajstić information content (AvgIpc) is 2.50. The summed E-state index contributed by atoms with van der Waals surface area (Å²) in [5.41, 5.74) is 2.88. The molecule has 7 nitrogen and oxygen atoms in total. The van der Waals surface area contributed by atoms with E-state index in [-0.39, 0.29) is 5.95 Å². The number of H-pyrrole nitrogens is 1. The number of aromatic amines is 1. The van der Waals surface area contributed by atoms with Gasteiger partial charge in [-0.25, -0.2) is 15.1 Å². The van der Waals surface area contributed by atoms with Crippen molar-refractivity contribution < 1.29 is 5.03 Å². The van der Waals surface area contributed by atoms with Gasteiger partial charge < -0.3 is 0 Å². The van der Waals surface area contributed by atoms with E-state index in [4.69, 9.17) is 0 Å². The second-order valence-electron chi connectivity index (χ2n) is 4.77. The highest BCUT2D eigenvalue weighted by molar-refractivity contribution is 5.85. The van der Waals surface area contributed by atoms with Crippen molar-refractivity contribution in [3.05, 3.63) is 80.3 Å². The minimum atomic E-state index is -0.775. The second-order valence-corrected chi connectivity index (χ2v) is 4.77. The smallest absolute Gasteiger partial charge is 0.265 e. The minimum Gasteiger partial charge on any atom is -0.288 e. The van der Waals surface area contributed by atoms with Gasteiger partial charge >= 0.3 is 0 Å². The first-order valence-electron chi connectivity index (χ1n) is 6.59. The molecule has 2 N–H and O–H groups in total. The molecule has 0 aliphatic heterocycles. The number of benzene rings is 2. The van der Waals surface area contributed by atoms with Gasteiger partial charge in [0.05, 0.1) is 0 Å². The van der Waals surface area contributed by atoms with Gasteiger partial charge in [-0.1, -0.05) is 47.9 Å². The van der Waals surface area contributed by atoms with E-state index in [1.54, 1.807) is 0 Å². The normalized spacial score (nSPS) is 10.5. The topological polar surface area (TPSA) is 101 Å². The van der Waals surface area contributed by atoms with Gasteiger partial charge in [-0.2, -0.15) is 0 Å². The van der Waals surface area contributed by atoms with Crippen molar-refractivity contribution in [2.75, 3.05) is 5.43 Å². The SMILES string of the molecule is O=c1[nH]c(N[N+](=O)[O-])ncc1Cc1cccc2ccccc12. The van der Waals surface area contributed by atoms with Crippen molar-refractivity contribution in [3.8, 4) is 0 Å². The number of nitro groups is 1. The second kappa shape index (κ2) is 5.65. The first kappa shape index (κ1) is 13.7. The first-order chi connectivity index (χ1) is 10.6. The van der Waals surface area contributed by atoms with Crippen LogP contribution >= 0.6 is 0 Å². The maximum atomic E-state index is 12.0. The van der Waals surface area contributed by atoms with Crippen molar-refractivity contribution in [1.29, 1.82) is 0 Å². The van der Waals surface area contributed by atoms with Crippen molar-refractivity contribution >= 4 is 16.7 Å². The molecule has 1 heterocycles. The summed E-state index contributed by atoms with van der Waals surface area (Å²) >= 11 is 0. The molecule has 0 aliphatic carbocycles. The van der Waals surface area contributed by atoms with E-state index in [1.807, 2.05) is 47.9 Å². The van der Waals surface area contributed by atoms with E-state index in [0.717, 1.165) is 16.3 Å². The molecule has 110 valence electrons. The highest BCUT2D eigenvalue weighted by Gasteiger charge is 2.08. The van der Waals surface area contributed by atoms with Crippen LogP contribution in [0, 0.1) is 10.1 Å². The number of nitrogens with one attached hydrogen (secondary N) is 2. The monoisotopic (exact) mass is 296 g/mol. The highest BCUT2D eigenvalue weighted by atomic mass is 16.7. The summed E-state index contributed by atoms with van der Waals surface area (Å²) in [7, 11) is 0. The van der Waals surface area contributed by atoms with Crippen molar-refractivity contribution in [2.45, 2.75) is 6.42 Å². The number of fused-ring (bicyclic) bond motifs is 1. The largest absolute Gasteiger partial charge is 0.288 e. The molecular formula is C15H12N4O3. The van der Waals surface area contributed by atoms with Gasteiger partial charge in [-0.15, -0.1) is 0 Å². The van der Waals surface area contributed by atoms with E-state index < -0.39 is 10.6 Å².